The van der Waals surface area contributed by atoms with Gasteiger partial charge in [-0.25, -0.2) is 9.78 Å². The van der Waals surface area contributed by atoms with Crippen LogP contribution in [0.15, 0.2) is 41.9 Å². The smallest absolute Gasteiger partial charge is 0.318 e. The van der Waals surface area contributed by atoms with E-state index in [4.69, 9.17) is 0 Å². The molecule has 24 heavy (non-hydrogen) atoms. The number of nitrogens with one attached hydrogen (secondary N) is 1. The summed E-state index contributed by atoms with van der Waals surface area (Å²) < 4.78 is 0. The molecule has 2 N–H and O–H groups in total. The van der Waals surface area contributed by atoms with Gasteiger partial charge in [0.1, 0.15) is 11.0 Å². The maximum atomic E-state index is 12.6. The molecule has 0 spiro atoms. The Morgan fingerprint density at radius 3 is 2.71 bits per heavy atom. The highest BCUT2D eigenvalue weighted by atomic mass is 32.1. The molecule has 1 aliphatic heterocycles. The fourth-order valence-corrected chi connectivity index (χ4v) is 3.55. The molecule has 3 rings (SSSR count). The van der Waals surface area contributed by atoms with Crippen LogP contribution in [-0.2, 0) is 4.79 Å². The average Bonchev–Trinajstić information content (AvgIpc) is 3.24. The van der Waals surface area contributed by atoms with Crippen molar-refractivity contribution in [3.05, 3.63) is 52.5 Å². The third-order valence-electron chi connectivity index (χ3n) is 4.38. The third-order valence-corrected chi connectivity index (χ3v) is 5.22. The number of likely N-dealkylation sites (tertiary alicyclic amines) is 1. The Morgan fingerprint density at radius 1 is 1.38 bits per heavy atom. The van der Waals surface area contributed by atoms with E-state index in [1.165, 1.54) is 11.3 Å². The Labute approximate surface area is 144 Å². The topological polar surface area (TPSA) is 82.5 Å². The number of hydrogen-bond acceptors (Lipinski definition) is 4. The molecule has 0 radical (unpaired) electrons. The molecule has 0 bridgehead atoms. The molecule has 1 aliphatic rings. The summed E-state index contributed by atoms with van der Waals surface area (Å²) in [7, 11) is 0. The first-order valence-corrected chi connectivity index (χ1v) is 8.61. The fourth-order valence-electron chi connectivity index (χ4n) is 2.83. The molecule has 0 saturated carbocycles. The minimum absolute atomic E-state index is 0.216. The van der Waals surface area contributed by atoms with Crippen molar-refractivity contribution in [2.45, 2.75) is 19.4 Å². The van der Waals surface area contributed by atoms with Gasteiger partial charge < -0.3 is 15.3 Å². The van der Waals surface area contributed by atoms with E-state index in [2.05, 4.69) is 10.3 Å². The molecular formula is C17H19N3O3S. The van der Waals surface area contributed by atoms with Crippen molar-refractivity contribution in [1.29, 1.82) is 0 Å². The number of nitrogens with zero attached hydrogens (tertiary/aromatic N) is 2. The molecule has 1 saturated heterocycles. The van der Waals surface area contributed by atoms with Crippen LogP contribution < -0.4 is 5.32 Å². The summed E-state index contributed by atoms with van der Waals surface area (Å²) in [5, 5.41) is 15.0. The summed E-state index contributed by atoms with van der Waals surface area (Å²) in [5.74, 6) is -0.864. The van der Waals surface area contributed by atoms with Crippen molar-refractivity contribution in [3.63, 3.8) is 0 Å². The molecule has 126 valence electrons. The summed E-state index contributed by atoms with van der Waals surface area (Å²) in [6.07, 6.45) is 2.17. The number of urea groups is 1. The molecule has 1 aromatic carbocycles. The molecule has 1 fully saturated rings. The van der Waals surface area contributed by atoms with Gasteiger partial charge in [-0.1, -0.05) is 30.3 Å². The van der Waals surface area contributed by atoms with E-state index in [0.717, 1.165) is 10.6 Å². The van der Waals surface area contributed by atoms with Crippen LogP contribution in [0.4, 0.5) is 4.79 Å². The maximum absolute atomic E-state index is 12.6. The molecule has 2 aromatic rings. The minimum atomic E-state index is -0.874. The number of carbonyl (C=O) groups excluding carboxylic acids is 1. The van der Waals surface area contributed by atoms with Gasteiger partial charge in [-0.15, -0.1) is 11.3 Å². The van der Waals surface area contributed by atoms with Gasteiger partial charge in [0.05, 0.1) is 5.41 Å². The summed E-state index contributed by atoms with van der Waals surface area (Å²) in [4.78, 5) is 29.9. The standard InChI is InChI=1S/C17H19N3O3S/c1-17(15(21)22)7-9-20(11-17)16(23)19-13(14-18-8-10-24-14)12-5-3-2-4-6-12/h2-6,8,10,13H,7,9,11H2,1H3,(H,19,23)(H,21,22). The highest BCUT2D eigenvalue weighted by Crippen LogP contribution is 2.31. The first-order chi connectivity index (χ1) is 11.5. The fraction of sp³-hybridized carbons (Fsp3) is 0.353. The lowest BCUT2D eigenvalue weighted by molar-refractivity contribution is -0.147. The van der Waals surface area contributed by atoms with E-state index < -0.39 is 11.4 Å². The van der Waals surface area contributed by atoms with E-state index in [-0.39, 0.29) is 18.6 Å². The number of carbonyl (C=O) groups is 2. The number of aromatic nitrogens is 1. The second kappa shape index (κ2) is 6.60. The highest BCUT2D eigenvalue weighted by molar-refractivity contribution is 7.09. The van der Waals surface area contributed by atoms with Crippen LogP contribution in [0.25, 0.3) is 0 Å². The van der Waals surface area contributed by atoms with Gasteiger partial charge in [0.2, 0.25) is 0 Å². The number of benzene rings is 1. The lowest BCUT2D eigenvalue weighted by Crippen LogP contribution is -2.42. The van der Waals surface area contributed by atoms with Crippen molar-refractivity contribution in [2.24, 2.45) is 5.41 Å². The molecule has 2 atom stereocenters. The van der Waals surface area contributed by atoms with Crippen LogP contribution in [0.2, 0.25) is 0 Å². The van der Waals surface area contributed by atoms with E-state index in [1.54, 1.807) is 18.0 Å². The van der Waals surface area contributed by atoms with Gasteiger partial charge in [-0.3, -0.25) is 4.79 Å². The van der Waals surface area contributed by atoms with Crippen molar-refractivity contribution in [2.75, 3.05) is 13.1 Å². The van der Waals surface area contributed by atoms with Crippen LogP contribution in [0.5, 0.6) is 0 Å². The van der Waals surface area contributed by atoms with E-state index >= 15 is 0 Å². The average molecular weight is 345 g/mol. The van der Waals surface area contributed by atoms with E-state index in [1.807, 2.05) is 35.7 Å². The monoisotopic (exact) mass is 345 g/mol. The van der Waals surface area contributed by atoms with Crippen LogP contribution in [-0.4, -0.2) is 40.1 Å². The van der Waals surface area contributed by atoms with Gasteiger partial charge in [0, 0.05) is 24.7 Å². The van der Waals surface area contributed by atoms with Crippen LogP contribution in [0.1, 0.15) is 30.0 Å². The van der Waals surface area contributed by atoms with Crippen LogP contribution in [0.3, 0.4) is 0 Å². The van der Waals surface area contributed by atoms with Crippen molar-refractivity contribution < 1.29 is 14.7 Å². The predicted octanol–water partition coefficient (Wildman–Crippen LogP) is 2.74. The normalized spacial score (nSPS) is 21.5. The van der Waals surface area contributed by atoms with Crippen LogP contribution in [0, 0.1) is 5.41 Å². The molecule has 2 amide bonds. The first-order valence-electron chi connectivity index (χ1n) is 7.73. The number of thiazole rings is 1. The Morgan fingerprint density at radius 2 is 2.12 bits per heavy atom. The van der Waals surface area contributed by atoms with Crippen LogP contribution >= 0.6 is 11.3 Å². The van der Waals surface area contributed by atoms with E-state index in [0.29, 0.717) is 13.0 Å². The van der Waals surface area contributed by atoms with Crippen molar-refractivity contribution in [1.82, 2.24) is 15.2 Å². The quantitative estimate of drug-likeness (QED) is 0.892. The second-order valence-corrected chi connectivity index (χ2v) is 7.13. The summed E-state index contributed by atoms with van der Waals surface area (Å²) >= 11 is 1.48. The zero-order valence-electron chi connectivity index (χ0n) is 13.3. The first kappa shape index (κ1) is 16.4. The highest BCUT2D eigenvalue weighted by Gasteiger charge is 2.42. The summed E-state index contributed by atoms with van der Waals surface area (Å²) in [5.41, 5.74) is 0.0711. The van der Waals surface area contributed by atoms with Crippen molar-refractivity contribution >= 4 is 23.3 Å². The lowest BCUT2D eigenvalue weighted by Gasteiger charge is -2.24. The van der Waals surface area contributed by atoms with Gasteiger partial charge >= 0.3 is 12.0 Å². The van der Waals surface area contributed by atoms with Gasteiger partial charge in [0.25, 0.3) is 0 Å². The molecule has 6 nitrogen and oxygen atoms in total. The Kier molecular flexibility index (Phi) is 4.53. The predicted molar refractivity (Wildman–Crippen MR) is 90.9 cm³/mol. The van der Waals surface area contributed by atoms with Crippen molar-refractivity contribution in [3.8, 4) is 0 Å². The third kappa shape index (κ3) is 3.26. The zero-order valence-corrected chi connectivity index (χ0v) is 14.1. The largest absolute Gasteiger partial charge is 0.481 e. The Bertz CT molecular complexity index is 720. The van der Waals surface area contributed by atoms with Gasteiger partial charge in [0.15, 0.2) is 0 Å². The molecule has 2 heterocycles. The molecule has 0 aliphatic carbocycles. The Balaban J connectivity index is 1.77. The lowest BCUT2D eigenvalue weighted by atomic mass is 9.90. The van der Waals surface area contributed by atoms with E-state index in [9.17, 15) is 14.7 Å². The number of aliphatic carboxylic acids is 1. The number of amides is 2. The number of rotatable bonds is 4. The van der Waals surface area contributed by atoms with Gasteiger partial charge in [-0.2, -0.15) is 0 Å². The molecule has 1 aromatic heterocycles. The number of hydrogen-bond donors (Lipinski definition) is 2. The SMILES string of the molecule is CC1(C(=O)O)CCN(C(=O)NC(c2ccccc2)c2nccs2)C1. The summed E-state index contributed by atoms with van der Waals surface area (Å²) in [6, 6.07) is 9.04. The molecular weight excluding hydrogens is 326 g/mol. The number of carboxylic acids is 1. The molecule has 7 heteroatoms. The second-order valence-electron chi connectivity index (χ2n) is 6.20. The molecule has 2 unspecified atom stereocenters. The maximum Gasteiger partial charge on any atom is 0.318 e. The number of carboxylic acid groups (broad SMARTS) is 1. The van der Waals surface area contributed by atoms with Gasteiger partial charge in [-0.05, 0) is 18.9 Å². The summed E-state index contributed by atoms with van der Waals surface area (Å²) in [6.45, 7) is 2.33. The zero-order chi connectivity index (χ0) is 17.2. The minimum Gasteiger partial charge on any atom is -0.481 e. The Hall–Kier alpha value is -2.41.